The molecule has 0 bridgehead atoms. The maximum atomic E-state index is 11.9. The number of hydrogen-bond donors (Lipinski definition) is 0. The Kier molecular flexibility index (Phi) is 11.3. The average molecular weight is 561 g/mol. The number of hydrogen-bond acceptors (Lipinski definition) is 4. The van der Waals surface area contributed by atoms with E-state index in [0.717, 1.165) is 18.5 Å². The number of ether oxygens (including phenoxy) is 1. The quantitative estimate of drug-likeness (QED) is 0.103. The number of benzene rings is 2. The van der Waals surface area contributed by atoms with Crippen LogP contribution in [-0.4, -0.2) is 17.2 Å². The maximum absolute atomic E-state index is 11.9. The van der Waals surface area contributed by atoms with E-state index in [-0.39, 0.29) is 16.0 Å². The van der Waals surface area contributed by atoms with Gasteiger partial charge in [0.25, 0.3) is 0 Å². The van der Waals surface area contributed by atoms with Crippen molar-refractivity contribution < 1.29 is 9.66 Å². The summed E-state index contributed by atoms with van der Waals surface area (Å²) in [6, 6.07) is 13.7. The molecule has 0 aromatic heterocycles. The van der Waals surface area contributed by atoms with Gasteiger partial charge in [-0.15, -0.1) is 0 Å². The minimum Gasteiger partial charge on any atom is -0.456 e. The molecule has 41 heavy (non-hydrogen) atoms. The van der Waals surface area contributed by atoms with E-state index in [1.165, 1.54) is 108 Å². The zero-order chi connectivity index (χ0) is 29.1. The Labute approximate surface area is 248 Å². The first-order valence-corrected chi connectivity index (χ1v) is 16.4. The van der Waals surface area contributed by atoms with Gasteiger partial charge in [-0.3, -0.25) is 10.1 Å². The van der Waals surface area contributed by atoms with E-state index in [2.05, 4.69) is 56.0 Å². The first-order chi connectivity index (χ1) is 19.9. The Hall–Kier alpha value is -2.82. The van der Waals surface area contributed by atoms with E-state index < -0.39 is 5.72 Å². The third-order valence-electron chi connectivity index (χ3n) is 9.37. The first-order valence-electron chi connectivity index (χ1n) is 16.4. The number of fused-ring (bicyclic) bond motifs is 2. The van der Waals surface area contributed by atoms with E-state index >= 15 is 0 Å². The lowest BCUT2D eigenvalue weighted by Crippen LogP contribution is -2.59. The molecule has 2 aromatic carbocycles. The molecule has 2 heterocycles. The molecule has 0 N–H and O–H groups in total. The van der Waals surface area contributed by atoms with Crippen LogP contribution in [0, 0.1) is 10.1 Å². The van der Waals surface area contributed by atoms with Gasteiger partial charge in [-0.05, 0) is 44.1 Å². The fourth-order valence-corrected chi connectivity index (χ4v) is 6.85. The zero-order valence-electron chi connectivity index (χ0n) is 25.8. The molecule has 1 spiro atoms. The van der Waals surface area contributed by atoms with Gasteiger partial charge >= 0.3 is 5.69 Å². The van der Waals surface area contributed by atoms with Crippen LogP contribution in [0.25, 0.3) is 6.08 Å². The fourth-order valence-electron chi connectivity index (χ4n) is 6.85. The van der Waals surface area contributed by atoms with Gasteiger partial charge < -0.3 is 9.64 Å². The predicted molar refractivity (Wildman–Crippen MR) is 172 cm³/mol. The first kappa shape index (κ1) is 31.1. The normalized spacial score (nSPS) is 18.4. The third-order valence-corrected chi connectivity index (χ3v) is 9.37. The van der Waals surface area contributed by atoms with E-state index in [1.54, 1.807) is 12.1 Å². The van der Waals surface area contributed by atoms with Crippen LogP contribution < -0.4 is 9.64 Å². The van der Waals surface area contributed by atoms with E-state index in [4.69, 9.17) is 4.74 Å². The summed E-state index contributed by atoms with van der Waals surface area (Å²) < 4.78 is 6.76. The predicted octanol–water partition coefficient (Wildman–Crippen LogP) is 10.8. The molecule has 4 rings (SSSR count). The van der Waals surface area contributed by atoms with Crippen molar-refractivity contribution in [2.45, 2.75) is 135 Å². The molecule has 0 radical (unpaired) electrons. The highest BCUT2D eigenvalue weighted by atomic mass is 16.6. The van der Waals surface area contributed by atoms with Crippen molar-refractivity contribution in [1.29, 1.82) is 0 Å². The van der Waals surface area contributed by atoms with E-state index in [1.807, 2.05) is 12.1 Å². The minimum atomic E-state index is -0.800. The van der Waals surface area contributed by atoms with Crippen LogP contribution in [-0.2, 0) is 5.41 Å². The molecule has 2 aromatic rings. The van der Waals surface area contributed by atoms with Gasteiger partial charge in [0.15, 0.2) is 0 Å². The molecule has 0 fully saturated rings. The van der Waals surface area contributed by atoms with Crippen molar-refractivity contribution in [2.24, 2.45) is 0 Å². The van der Waals surface area contributed by atoms with Crippen molar-refractivity contribution in [3.8, 4) is 5.75 Å². The van der Waals surface area contributed by atoms with E-state index in [0.29, 0.717) is 5.75 Å². The second-order valence-corrected chi connectivity index (χ2v) is 12.7. The monoisotopic (exact) mass is 560 g/mol. The van der Waals surface area contributed by atoms with Crippen LogP contribution in [0.3, 0.4) is 0 Å². The average Bonchev–Trinajstić information content (AvgIpc) is 3.14. The summed E-state index contributed by atoms with van der Waals surface area (Å²) in [4.78, 5) is 13.9. The molecule has 2 aliphatic rings. The molecule has 2 aliphatic heterocycles. The second kappa shape index (κ2) is 14.9. The largest absolute Gasteiger partial charge is 0.456 e. The zero-order valence-corrected chi connectivity index (χ0v) is 25.8. The molecular weight excluding hydrogens is 508 g/mol. The van der Waals surface area contributed by atoms with Gasteiger partial charge in [0.05, 0.1) is 10.3 Å². The van der Waals surface area contributed by atoms with Crippen molar-refractivity contribution in [3.63, 3.8) is 0 Å². The van der Waals surface area contributed by atoms with Gasteiger partial charge in [-0.2, -0.15) is 0 Å². The number of unbranched alkanes of at least 4 members (excludes halogenated alkanes) is 15. The number of nitrogens with zero attached hydrogens (tertiary/aromatic N) is 2. The van der Waals surface area contributed by atoms with Crippen LogP contribution in [0.2, 0.25) is 0 Å². The standard InChI is InChI=1S/C36H52N2O3/c1-4-5-6-7-8-9-10-11-12-13-14-15-16-17-18-21-29-37-32-25-20-19-24-31(32)35(2,3)36(37)28-27-30-23-22-26-33(38(39)40)34(30)41-36/h19-20,22-28H,4-18,21,29H2,1-3H3. The SMILES string of the molecule is CCCCCCCCCCCCCCCCCCN1c2ccccc2C(C)(C)C12C=Cc1cccc([N+](=O)[O-])c1O2. The van der Waals surface area contributed by atoms with Gasteiger partial charge in [0, 0.05) is 23.9 Å². The highest BCUT2D eigenvalue weighted by Gasteiger charge is 2.59. The number of para-hydroxylation sites is 2. The summed E-state index contributed by atoms with van der Waals surface area (Å²) in [7, 11) is 0. The van der Waals surface area contributed by atoms with Crippen molar-refractivity contribution in [1.82, 2.24) is 0 Å². The Balaban J connectivity index is 1.24. The summed E-state index contributed by atoms with van der Waals surface area (Å²) in [5.74, 6) is 0.373. The van der Waals surface area contributed by atoms with Gasteiger partial charge in [-0.1, -0.05) is 134 Å². The maximum Gasteiger partial charge on any atom is 0.311 e. The van der Waals surface area contributed by atoms with Crippen LogP contribution in [0.15, 0.2) is 48.5 Å². The third kappa shape index (κ3) is 7.16. The smallest absolute Gasteiger partial charge is 0.311 e. The lowest BCUT2D eigenvalue weighted by molar-refractivity contribution is -0.386. The topological polar surface area (TPSA) is 55.6 Å². The number of nitro groups is 1. The Bertz CT molecular complexity index is 1160. The van der Waals surface area contributed by atoms with Crippen LogP contribution in [0.5, 0.6) is 5.75 Å². The molecule has 0 amide bonds. The Morgan fingerprint density at radius 3 is 1.90 bits per heavy atom. The molecule has 1 unspecified atom stereocenters. The van der Waals surface area contributed by atoms with Crippen molar-refractivity contribution in [3.05, 3.63) is 69.8 Å². The molecular formula is C36H52N2O3. The molecule has 224 valence electrons. The van der Waals surface area contributed by atoms with Gasteiger partial charge in [0.2, 0.25) is 11.5 Å². The Morgan fingerprint density at radius 2 is 1.32 bits per heavy atom. The minimum absolute atomic E-state index is 0.0281. The summed E-state index contributed by atoms with van der Waals surface area (Å²) in [6.07, 6.45) is 25.7. The van der Waals surface area contributed by atoms with Crippen LogP contribution >= 0.6 is 0 Å². The summed E-state index contributed by atoms with van der Waals surface area (Å²) in [5.41, 5.74) is 2.01. The number of anilines is 1. The Morgan fingerprint density at radius 1 is 0.756 bits per heavy atom. The highest BCUT2D eigenvalue weighted by molar-refractivity contribution is 5.74. The molecule has 5 nitrogen and oxygen atoms in total. The lowest BCUT2D eigenvalue weighted by atomic mass is 9.76. The summed E-state index contributed by atoms with van der Waals surface area (Å²) in [5, 5.41) is 11.9. The van der Waals surface area contributed by atoms with Crippen LogP contribution in [0.4, 0.5) is 11.4 Å². The van der Waals surface area contributed by atoms with E-state index in [9.17, 15) is 10.1 Å². The molecule has 0 saturated carbocycles. The van der Waals surface area contributed by atoms with Crippen molar-refractivity contribution in [2.75, 3.05) is 11.4 Å². The highest BCUT2D eigenvalue weighted by Crippen LogP contribution is 2.56. The lowest BCUT2D eigenvalue weighted by Gasteiger charge is -2.47. The fraction of sp³-hybridized carbons (Fsp3) is 0.611. The molecule has 1 atom stereocenters. The summed E-state index contributed by atoms with van der Waals surface area (Å²) in [6.45, 7) is 7.54. The van der Waals surface area contributed by atoms with Gasteiger partial charge in [0.1, 0.15) is 0 Å². The number of nitro benzene ring substituents is 1. The van der Waals surface area contributed by atoms with Gasteiger partial charge in [-0.25, -0.2) is 0 Å². The molecule has 0 aliphatic carbocycles. The molecule has 0 saturated heterocycles. The second-order valence-electron chi connectivity index (χ2n) is 12.7. The van der Waals surface area contributed by atoms with Crippen LogP contribution in [0.1, 0.15) is 135 Å². The van der Waals surface area contributed by atoms with Crippen molar-refractivity contribution >= 4 is 17.5 Å². The molecule has 5 heteroatoms. The summed E-state index contributed by atoms with van der Waals surface area (Å²) >= 11 is 0. The number of rotatable bonds is 18.